The minimum atomic E-state index is -3.54. The second-order valence-electron chi connectivity index (χ2n) is 7.47. The Morgan fingerprint density at radius 2 is 1.81 bits per heavy atom. The lowest BCUT2D eigenvalue weighted by atomic mass is 10.1. The van der Waals surface area contributed by atoms with Gasteiger partial charge in [-0.05, 0) is 48.7 Å². The Morgan fingerprint density at radius 3 is 2.52 bits per heavy atom. The fourth-order valence-electron chi connectivity index (χ4n) is 3.61. The topological polar surface area (TPSA) is 96.3 Å². The summed E-state index contributed by atoms with van der Waals surface area (Å²) in [4.78, 5) is 14.5. The summed E-state index contributed by atoms with van der Waals surface area (Å²) in [6.07, 6.45) is 4.74. The average molecular weight is 440 g/mol. The fourth-order valence-corrected chi connectivity index (χ4v) is 4.93. The average Bonchev–Trinajstić information content (AvgIpc) is 3.34. The van der Waals surface area contributed by atoms with Gasteiger partial charge < -0.3 is 10.2 Å². The summed E-state index contributed by atoms with van der Waals surface area (Å²) in [7, 11) is -3.54. The Kier molecular flexibility index (Phi) is 6.34. The van der Waals surface area contributed by atoms with Crippen LogP contribution in [0.2, 0.25) is 0 Å². The van der Waals surface area contributed by atoms with Crippen molar-refractivity contribution in [3.05, 3.63) is 78.6 Å². The molecule has 1 aliphatic rings. The standard InChI is InChI=1S/C22H25N5O3S/c28-22(23-17-18-6-4-7-20(16-18)27-13-5-12-24-27)26-14-10-19(11-15-26)25-31(29,30)21-8-2-1-3-9-21/h1-9,12-13,16,19,25H,10-11,14-15,17H2,(H,23,28). The van der Waals surface area contributed by atoms with Crippen LogP contribution in [-0.4, -0.2) is 48.3 Å². The molecule has 0 unspecified atom stereocenters. The number of hydrogen-bond acceptors (Lipinski definition) is 4. The largest absolute Gasteiger partial charge is 0.334 e. The molecule has 8 nitrogen and oxygen atoms in total. The van der Waals surface area contributed by atoms with Crippen molar-refractivity contribution in [3.8, 4) is 5.69 Å². The number of amides is 2. The van der Waals surface area contributed by atoms with E-state index in [2.05, 4.69) is 15.1 Å². The first kappa shape index (κ1) is 21.1. The second-order valence-corrected chi connectivity index (χ2v) is 9.19. The van der Waals surface area contributed by atoms with Crippen molar-refractivity contribution >= 4 is 16.1 Å². The Balaban J connectivity index is 1.27. The van der Waals surface area contributed by atoms with Gasteiger partial charge in [-0.3, -0.25) is 0 Å². The van der Waals surface area contributed by atoms with Crippen LogP contribution in [-0.2, 0) is 16.6 Å². The van der Waals surface area contributed by atoms with Gasteiger partial charge in [0.05, 0.1) is 10.6 Å². The number of urea groups is 1. The Morgan fingerprint density at radius 1 is 1.03 bits per heavy atom. The molecule has 2 N–H and O–H groups in total. The molecule has 31 heavy (non-hydrogen) atoms. The van der Waals surface area contributed by atoms with Crippen LogP contribution in [0.5, 0.6) is 0 Å². The monoisotopic (exact) mass is 439 g/mol. The van der Waals surface area contributed by atoms with Crippen LogP contribution >= 0.6 is 0 Å². The van der Waals surface area contributed by atoms with Gasteiger partial charge in [-0.25, -0.2) is 22.6 Å². The number of sulfonamides is 1. The summed E-state index contributed by atoms with van der Waals surface area (Å²) in [5, 5.41) is 7.17. The van der Waals surface area contributed by atoms with Gasteiger partial charge >= 0.3 is 6.03 Å². The van der Waals surface area contributed by atoms with Crippen molar-refractivity contribution in [2.24, 2.45) is 0 Å². The van der Waals surface area contributed by atoms with Gasteiger partial charge in [-0.1, -0.05) is 30.3 Å². The highest BCUT2D eigenvalue weighted by molar-refractivity contribution is 7.89. The molecule has 162 valence electrons. The lowest BCUT2D eigenvalue weighted by Crippen LogP contribution is -2.49. The van der Waals surface area contributed by atoms with Gasteiger partial charge in [0.1, 0.15) is 0 Å². The summed E-state index contributed by atoms with van der Waals surface area (Å²) in [5.41, 5.74) is 1.91. The first-order chi connectivity index (χ1) is 15.0. The van der Waals surface area contributed by atoms with Gasteiger partial charge in [-0.2, -0.15) is 5.10 Å². The van der Waals surface area contributed by atoms with Crippen molar-refractivity contribution in [3.63, 3.8) is 0 Å². The number of likely N-dealkylation sites (tertiary alicyclic amines) is 1. The number of hydrogen-bond donors (Lipinski definition) is 2. The van der Waals surface area contributed by atoms with Gasteiger partial charge in [-0.15, -0.1) is 0 Å². The number of rotatable bonds is 6. The SMILES string of the molecule is O=C(NCc1cccc(-n2cccn2)c1)N1CCC(NS(=O)(=O)c2ccccc2)CC1. The molecule has 0 radical (unpaired) electrons. The number of nitrogens with zero attached hydrogens (tertiary/aromatic N) is 3. The van der Waals surface area contributed by atoms with E-state index in [9.17, 15) is 13.2 Å². The predicted molar refractivity (Wildman–Crippen MR) is 117 cm³/mol. The van der Waals surface area contributed by atoms with Crippen LogP contribution in [0, 0.1) is 0 Å². The molecule has 0 spiro atoms. The van der Waals surface area contributed by atoms with E-state index in [1.54, 1.807) is 46.1 Å². The number of piperidine rings is 1. The van der Waals surface area contributed by atoms with Crippen molar-refractivity contribution in [1.82, 2.24) is 24.7 Å². The molecule has 4 rings (SSSR count). The molecule has 2 aromatic carbocycles. The maximum Gasteiger partial charge on any atom is 0.317 e. The molecule has 3 aromatic rings. The van der Waals surface area contributed by atoms with Crippen molar-refractivity contribution in [2.75, 3.05) is 13.1 Å². The third kappa shape index (κ3) is 5.31. The van der Waals surface area contributed by atoms with E-state index in [0.717, 1.165) is 11.3 Å². The third-order valence-corrected chi connectivity index (χ3v) is 6.82. The van der Waals surface area contributed by atoms with Crippen LogP contribution < -0.4 is 10.0 Å². The summed E-state index contributed by atoms with van der Waals surface area (Å²) in [6.45, 7) is 1.41. The van der Waals surface area contributed by atoms with E-state index in [4.69, 9.17) is 0 Å². The van der Waals surface area contributed by atoms with Crippen molar-refractivity contribution in [1.29, 1.82) is 0 Å². The number of carbonyl (C=O) groups excluding carboxylic acids is 1. The zero-order valence-corrected chi connectivity index (χ0v) is 17.8. The van der Waals surface area contributed by atoms with Crippen molar-refractivity contribution < 1.29 is 13.2 Å². The number of carbonyl (C=O) groups is 1. The second kappa shape index (κ2) is 9.32. The zero-order chi connectivity index (χ0) is 21.7. The van der Waals surface area contributed by atoms with Gasteiger partial charge in [0.2, 0.25) is 10.0 Å². The highest BCUT2D eigenvalue weighted by Gasteiger charge is 2.26. The molecule has 0 atom stereocenters. The minimum absolute atomic E-state index is 0.145. The van der Waals surface area contributed by atoms with E-state index < -0.39 is 10.0 Å². The van der Waals surface area contributed by atoms with E-state index >= 15 is 0 Å². The number of aromatic nitrogens is 2. The van der Waals surface area contributed by atoms with Gasteiger partial charge in [0.25, 0.3) is 0 Å². The zero-order valence-electron chi connectivity index (χ0n) is 17.0. The molecule has 0 saturated carbocycles. The number of benzene rings is 2. The summed E-state index contributed by atoms with van der Waals surface area (Å²) < 4.78 is 29.5. The summed E-state index contributed by atoms with van der Waals surface area (Å²) >= 11 is 0. The smallest absolute Gasteiger partial charge is 0.317 e. The van der Waals surface area contributed by atoms with E-state index in [0.29, 0.717) is 32.5 Å². The molecule has 2 heterocycles. The molecular weight excluding hydrogens is 414 g/mol. The molecule has 0 bridgehead atoms. The Bertz CT molecular complexity index is 1110. The summed E-state index contributed by atoms with van der Waals surface area (Å²) in [5.74, 6) is 0. The van der Waals surface area contributed by atoms with Crippen LogP contribution in [0.3, 0.4) is 0 Å². The Hall–Kier alpha value is -3.17. The maximum atomic E-state index is 12.6. The van der Waals surface area contributed by atoms with Gasteiger partial charge in [0, 0.05) is 38.1 Å². The quantitative estimate of drug-likeness (QED) is 0.617. The molecular formula is C22H25N5O3S. The minimum Gasteiger partial charge on any atom is -0.334 e. The highest BCUT2D eigenvalue weighted by atomic mass is 32.2. The number of nitrogens with one attached hydrogen (secondary N) is 2. The third-order valence-electron chi connectivity index (χ3n) is 5.28. The fraction of sp³-hybridized carbons (Fsp3) is 0.273. The Labute approximate surface area is 181 Å². The molecule has 1 aromatic heterocycles. The van der Waals surface area contributed by atoms with E-state index in [-0.39, 0.29) is 17.0 Å². The molecule has 1 aliphatic heterocycles. The maximum absolute atomic E-state index is 12.6. The van der Waals surface area contributed by atoms with Crippen LogP contribution in [0.25, 0.3) is 5.69 Å². The first-order valence-corrected chi connectivity index (χ1v) is 11.7. The lowest BCUT2D eigenvalue weighted by molar-refractivity contribution is 0.179. The van der Waals surface area contributed by atoms with Crippen LogP contribution in [0.4, 0.5) is 4.79 Å². The molecule has 0 aliphatic carbocycles. The predicted octanol–water partition coefficient (Wildman–Crippen LogP) is 2.52. The lowest BCUT2D eigenvalue weighted by Gasteiger charge is -2.32. The molecule has 2 amide bonds. The summed E-state index contributed by atoms with van der Waals surface area (Å²) in [6, 6.07) is 17.7. The van der Waals surface area contributed by atoms with Gasteiger partial charge in [0.15, 0.2) is 0 Å². The van der Waals surface area contributed by atoms with Crippen LogP contribution in [0.15, 0.2) is 78.0 Å². The molecule has 9 heteroatoms. The highest BCUT2D eigenvalue weighted by Crippen LogP contribution is 2.15. The van der Waals surface area contributed by atoms with E-state index in [1.807, 2.05) is 36.5 Å². The normalized spacial score (nSPS) is 15.0. The van der Waals surface area contributed by atoms with Crippen molar-refractivity contribution in [2.45, 2.75) is 30.3 Å². The molecule has 1 fully saturated rings. The first-order valence-electron chi connectivity index (χ1n) is 10.2. The van der Waals surface area contributed by atoms with E-state index in [1.165, 1.54) is 0 Å². The molecule has 1 saturated heterocycles. The van der Waals surface area contributed by atoms with Crippen LogP contribution in [0.1, 0.15) is 18.4 Å².